The zero-order valence-corrected chi connectivity index (χ0v) is 19.4. The number of imidazole rings is 1. The van der Waals surface area contributed by atoms with Gasteiger partial charge in [0.2, 0.25) is 0 Å². The Morgan fingerprint density at radius 2 is 1.91 bits per heavy atom. The fourth-order valence-corrected chi connectivity index (χ4v) is 4.39. The van der Waals surface area contributed by atoms with Crippen LogP contribution >= 0.6 is 0 Å². The molecule has 5 heterocycles. The van der Waals surface area contributed by atoms with E-state index in [0.717, 1.165) is 12.3 Å². The molecule has 0 aromatic carbocycles. The van der Waals surface area contributed by atoms with Crippen LogP contribution < -0.4 is 4.90 Å². The summed E-state index contributed by atoms with van der Waals surface area (Å²) in [6, 6.07) is 3.99. The Kier molecular flexibility index (Phi) is 5.45. The van der Waals surface area contributed by atoms with E-state index in [4.69, 9.17) is 0 Å². The summed E-state index contributed by atoms with van der Waals surface area (Å²) in [5.74, 6) is 0.845. The van der Waals surface area contributed by atoms with Crippen LogP contribution in [0.1, 0.15) is 28.5 Å². The summed E-state index contributed by atoms with van der Waals surface area (Å²) < 4.78 is 42.6. The van der Waals surface area contributed by atoms with E-state index in [1.54, 1.807) is 30.2 Å². The highest BCUT2D eigenvalue weighted by atomic mass is 19.4. The molecule has 1 saturated heterocycles. The average Bonchev–Trinajstić information content (AvgIpc) is 3.40. The van der Waals surface area contributed by atoms with Crippen LogP contribution in [0.5, 0.6) is 0 Å². The third-order valence-electron chi connectivity index (χ3n) is 6.16. The lowest BCUT2D eigenvalue weighted by Gasteiger charge is -2.40. The number of anilines is 1. The molecule has 12 heteroatoms. The first-order chi connectivity index (χ1) is 16.6. The summed E-state index contributed by atoms with van der Waals surface area (Å²) >= 11 is 0. The van der Waals surface area contributed by atoms with Gasteiger partial charge in [0.1, 0.15) is 17.2 Å². The maximum Gasteiger partial charge on any atom is 0.417 e. The van der Waals surface area contributed by atoms with Crippen molar-refractivity contribution in [3.05, 3.63) is 59.8 Å². The minimum Gasteiger partial charge on any atom is -0.353 e. The number of halogens is 3. The highest BCUT2D eigenvalue weighted by Gasteiger charge is 2.32. The predicted molar refractivity (Wildman–Crippen MR) is 122 cm³/mol. The second-order valence-corrected chi connectivity index (χ2v) is 8.62. The molecule has 1 aliphatic heterocycles. The molecule has 182 valence electrons. The molecule has 0 aliphatic carbocycles. The zero-order valence-electron chi connectivity index (χ0n) is 19.4. The number of alkyl halides is 3. The van der Waals surface area contributed by atoms with Crippen LogP contribution in [0, 0.1) is 6.92 Å². The van der Waals surface area contributed by atoms with Gasteiger partial charge in [0.15, 0.2) is 5.82 Å². The van der Waals surface area contributed by atoms with Gasteiger partial charge < -0.3 is 9.80 Å². The summed E-state index contributed by atoms with van der Waals surface area (Å²) in [5, 5.41) is 4.26. The molecule has 1 amide bonds. The number of amides is 1. The zero-order chi connectivity index (χ0) is 24.9. The van der Waals surface area contributed by atoms with Crippen LogP contribution in [0.15, 0.2) is 43.0 Å². The summed E-state index contributed by atoms with van der Waals surface area (Å²) in [4.78, 5) is 30.0. The fraction of sp³-hybridized carbons (Fsp3) is 0.348. The fourth-order valence-electron chi connectivity index (χ4n) is 4.39. The van der Waals surface area contributed by atoms with Gasteiger partial charge in [0.25, 0.3) is 5.91 Å². The molecule has 35 heavy (non-hydrogen) atoms. The molecule has 1 fully saturated rings. The Balaban J connectivity index is 1.38. The lowest BCUT2D eigenvalue weighted by molar-refractivity contribution is -0.137. The van der Waals surface area contributed by atoms with Gasteiger partial charge in [0, 0.05) is 51.3 Å². The quantitative estimate of drug-likeness (QED) is 0.444. The molecule has 0 spiro atoms. The van der Waals surface area contributed by atoms with Gasteiger partial charge in [-0.25, -0.2) is 15.0 Å². The Morgan fingerprint density at radius 1 is 1.11 bits per heavy atom. The maximum absolute atomic E-state index is 13.2. The third-order valence-corrected chi connectivity index (χ3v) is 6.16. The number of piperazine rings is 1. The van der Waals surface area contributed by atoms with Crippen LogP contribution in [-0.4, -0.2) is 65.6 Å². The van der Waals surface area contributed by atoms with Crippen molar-refractivity contribution in [3.8, 4) is 11.5 Å². The number of rotatable bonds is 3. The van der Waals surface area contributed by atoms with Crippen LogP contribution in [0.25, 0.3) is 17.2 Å². The number of aryl methyl sites for hydroxylation is 2. The van der Waals surface area contributed by atoms with Gasteiger partial charge in [-0.3, -0.25) is 13.9 Å². The monoisotopic (exact) mass is 484 g/mol. The Hall–Kier alpha value is -3.96. The topological polar surface area (TPSA) is 84.5 Å². The van der Waals surface area contributed by atoms with Crippen LogP contribution in [0.2, 0.25) is 0 Å². The third kappa shape index (κ3) is 4.19. The van der Waals surface area contributed by atoms with E-state index in [0.29, 0.717) is 48.1 Å². The summed E-state index contributed by atoms with van der Waals surface area (Å²) in [6.45, 7) is 5.39. The van der Waals surface area contributed by atoms with Crippen LogP contribution in [0.3, 0.4) is 0 Å². The number of pyridine rings is 1. The van der Waals surface area contributed by atoms with E-state index in [1.165, 1.54) is 16.7 Å². The number of hydrogen-bond donors (Lipinski definition) is 0. The van der Waals surface area contributed by atoms with E-state index < -0.39 is 11.7 Å². The molecule has 4 aromatic rings. The average molecular weight is 484 g/mol. The smallest absolute Gasteiger partial charge is 0.353 e. The first-order valence-electron chi connectivity index (χ1n) is 11.1. The molecule has 1 aliphatic rings. The van der Waals surface area contributed by atoms with Crippen molar-refractivity contribution in [1.29, 1.82) is 0 Å². The minimum atomic E-state index is -4.47. The maximum atomic E-state index is 13.2. The number of hydrogen-bond acceptors (Lipinski definition) is 6. The van der Waals surface area contributed by atoms with Gasteiger partial charge in [-0.2, -0.15) is 18.3 Å². The Labute approximate surface area is 198 Å². The van der Waals surface area contributed by atoms with Crippen molar-refractivity contribution < 1.29 is 18.0 Å². The standard InChI is InChI=1S/C23H23F3N8O/c1-14-11-32(8-9-33(14)22(35)17-13-31(3)30-15(17)2)20-6-7-27-21(29-20)18-10-28-19-5-4-16(12-34(18)19)23(24,25)26/h4-7,10,12-14H,8-9,11H2,1-3H3. The van der Waals surface area contributed by atoms with E-state index in [1.807, 2.05) is 23.6 Å². The van der Waals surface area contributed by atoms with Gasteiger partial charge in [0.05, 0.1) is 23.0 Å². The van der Waals surface area contributed by atoms with Crippen molar-refractivity contribution in [2.45, 2.75) is 26.1 Å². The van der Waals surface area contributed by atoms with Gasteiger partial charge in [-0.05, 0) is 32.0 Å². The molecule has 1 unspecified atom stereocenters. The number of nitrogens with zero attached hydrogens (tertiary/aromatic N) is 8. The second kappa shape index (κ2) is 8.36. The summed E-state index contributed by atoms with van der Waals surface area (Å²) in [7, 11) is 1.78. The number of aromatic nitrogens is 6. The van der Waals surface area contributed by atoms with Crippen LogP contribution in [-0.2, 0) is 13.2 Å². The molecule has 0 N–H and O–H groups in total. The minimum absolute atomic E-state index is 0.0580. The van der Waals surface area contributed by atoms with E-state index in [-0.39, 0.29) is 17.8 Å². The van der Waals surface area contributed by atoms with Crippen molar-refractivity contribution in [2.24, 2.45) is 7.05 Å². The molecule has 0 bridgehead atoms. The highest BCUT2D eigenvalue weighted by Crippen LogP contribution is 2.30. The lowest BCUT2D eigenvalue weighted by atomic mass is 10.1. The number of carbonyl (C=O) groups excluding carboxylic acids is 1. The SMILES string of the molecule is Cc1nn(C)cc1C(=O)N1CCN(c2ccnc(-c3cnc4ccc(C(F)(F)F)cn34)n2)CC1C. The first-order valence-corrected chi connectivity index (χ1v) is 11.1. The molecule has 4 aromatic heterocycles. The normalized spacial score (nSPS) is 16.8. The Morgan fingerprint density at radius 3 is 2.60 bits per heavy atom. The van der Waals surface area contributed by atoms with Crippen LogP contribution in [0.4, 0.5) is 19.0 Å². The van der Waals surface area contributed by atoms with Crippen molar-refractivity contribution in [2.75, 3.05) is 24.5 Å². The van der Waals surface area contributed by atoms with Crippen molar-refractivity contribution >= 4 is 17.4 Å². The first kappa shape index (κ1) is 22.8. The molecule has 0 radical (unpaired) electrons. The van der Waals surface area contributed by atoms with Crippen molar-refractivity contribution in [1.82, 2.24) is 34.0 Å². The molecule has 5 rings (SSSR count). The Bertz CT molecular complexity index is 1410. The summed E-state index contributed by atoms with van der Waals surface area (Å²) in [5.41, 5.74) is 1.23. The molecule has 0 saturated carbocycles. The molecular formula is C23H23F3N8O. The summed E-state index contributed by atoms with van der Waals surface area (Å²) in [6.07, 6.45) is 1.30. The van der Waals surface area contributed by atoms with Gasteiger partial charge in [-0.15, -0.1) is 0 Å². The number of carbonyl (C=O) groups is 1. The molecule has 9 nitrogen and oxygen atoms in total. The number of fused-ring (bicyclic) bond motifs is 1. The predicted octanol–water partition coefficient (Wildman–Crippen LogP) is 3.20. The van der Waals surface area contributed by atoms with Gasteiger partial charge in [-0.1, -0.05) is 0 Å². The highest BCUT2D eigenvalue weighted by molar-refractivity contribution is 5.95. The molecular weight excluding hydrogens is 461 g/mol. The van der Waals surface area contributed by atoms with E-state index in [9.17, 15) is 18.0 Å². The second-order valence-electron chi connectivity index (χ2n) is 8.62. The van der Waals surface area contributed by atoms with Crippen molar-refractivity contribution in [3.63, 3.8) is 0 Å². The molecule has 1 atom stereocenters. The van der Waals surface area contributed by atoms with Gasteiger partial charge >= 0.3 is 6.18 Å². The van der Waals surface area contributed by atoms with E-state index >= 15 is 0 Å². The largest absolute Gasteiger partial charge is 0.417 e. The van der Waals surface area contributed by atoms with E-state index in [2.05, 4.69) is 20.1 Å². The lowest BCUT2D eigenvalue weighted by Crippen LogP contribution is -2.54.